The van der Waals surface area contributed by atoms with Gasteiger partial charge in [0.2, 0.25) is 0 Å². The molecule has 2 aromatic heterocycles. The normalized spacial score (nSPS) is 11.6. The van der Waals surface area contributed by atoms with Gasteiger partial charge in [0, 0.05) is 27.1 Å². The molecule has 0 fully saturated rings. The first-order valence-corrected chi connectivity index (χ1v) is 20.6. The molecule has 0 N–H and O–H groups in total. The Labute approximate surface area is 382 Å². The summed E-state index contributed by atoms with van der Waals surface area (Å²) in [4.78, 5) is 0. The summed E-state index contributed by atoms with van der Waals surface area (Å²) >= 11 is 0. The molecule has 10 rings (SSSR count). The van der Waals surface area contributed by atoms with Crippen molar-refractivity contribution in [3.05, 3.63) is 191 Å². The van der Waals surface area contributed by atoms with E-state index in [2.05, 4.69) is 30.3 Å². The van der Waals surface area contributed by atoms with Gasteiger partial charge in [0.1, 0.15) is 0 Å². The molecule has 0 aliphatic rings. The summed E-state index contributed by atoms with van der Waals surface area (Å²) in [5.41, 5.74) is 2.10. The summed E-state index contributed by atoms with van der Waals surface area (Å²) in [6.07, 6.45) is -10.4. The molecule has 0 unspecified atom stereocenters. The number of fused-ring (bicyclic) bond motifs is 6. The number of alkyl halides is 6. The van der Waals surface area contributed by atoms with E-state index in [4.69, 9.17) is 0 Å². The summed E-state index contributed by atoms with van der Waals surface area (Å²) in [6, 6.07) is 49.1. The van der Waals surface area contributed by atoms with Crippen molar-refractivity contribution in [3.63, 3.8) is 0 Å². The standard InChI is InChI=1S/C55H25F6N7/c56-54(57,58)41-21-40(22-42(25-41)55(59,60)61)53-51(67-47-7-3-1-5-43(47)45-23-36(9-11-49(45)67)38-15-31(26-62)13-32(16-38)27-63)19-35(30-66)20-52(53)68-48-8-4-2-6-44(48)46-24-37(10-12-50(46)68)39-17-33(28-64)14-34(18-39)29-65/h1-25H. The van der Waals surface area contributed by atoms with Crippen LogP contribution in [0.4, 0.5) is 26.3 Å². The van der Waals surface area contributed by atoms with Crippen molar-refractivity contribution in [1.82, 2.24) is 9.13 Å². The number of rotatable bonds is 5. The number of hydrogen-bond acceptors (Lipinski definition) is 5. The Morgan fingerprint density at radius 1 is 0.324 bits per heavy atom. The molecule has 0 aliphatic carbocycles. The Kier molecular flexibility index (Phi) is 9.85. The predicted octanol–water partition coefficient (Wildman–Crippen LogP) is 14.3. The van der Waals surface area contributed by atoms with Crippen molar-refractivity contribution in [1.29, 1.82) is 26.3 Å². The maximum absolute atomic E-state index is 14.8. The first-order valence-electron chi connectivity index (χ1n) is 20.6. The molecule has 0 bridgehead atoms. The lowest BCUT2D eigenvalue weighted by Gasteiger charge is -2.22. The second-order valence-corrected chi connectivity index (χ2v) is 16.0. The van der Waals surface area contributed by atoms with Gasteiger partial charge in [-0.15, -0.1) is 0 Å². The topological polar surface area (TPSA) is 129 Å². The van der Waals surface area contributed by atoms with Crippen LogP contribution >= 0.6 is 0 Å². The zero-order valence-corrected chi connectivity index (χ0v) is 34.8. The van der Waals surface area contributed by atoms with Crippen molar-refractivity contribution >= 4 is 43.6 Å². The predicted molar refractivity (Wildman–Crippen MR) is 245 cm³/mol. The summed E-state index contributed by atoms with van der Waals surface area (Å²) in [5, 5.41) is 52.2. The van der Waals surface area contributed by atoms with Crippen LogP contribution in [-0.4, -0.2) is 9.13 Å². The Hall–Kier alpha value is -9.61. The summed E-state index contributed by atoms with van der Waals surface area (Å²) in [7, 11) is 0. The second-order valence-electron chi connectivity index (χ2n) is 16.0. The lowest BCUT2D eigenvalue weighted by atomic mass is 9.94. The van der Waals surface area contributed by atoms with Gasteiger partial charge in [-0.1, -0.05) is 48.5 Å². The monoisotopic (exact) mass is 897 g/mol. The van der Waals surface area contributed by atoms with E-state index in [0.717, 1.165) is 0 Å². The van der Waals surface area contributed by atoms with Crippen molar-refractivity contribution in [2.45, 2.75) is 12.4 Å². The van der Waals surface area contributed by atoms with Crippen LogP contribution < -0.4 is 0 Å². The van der Waals surface area contributed by atoms with Crippen molar-refractivity contribution in [3.8, 4) is 75.1 Å². The number of hydrogen-bond donors (Lipinski definition) is 0. The SMILES string of the molecule is N#Cc1cc(C#N)cc(-c2ccc3c(c2)c2ccccc2n3-c2cc(C#N)cc(-n3c4ccccc4c4cc(-c5cc(C#N)cc(C#N)c5)ccc43)c2-c2cc(C(F)(F)F)cc(C(F)(F)F)c2)c1. The minimum absolute atomic E-state index is 0.0431. The van der Waals surface area contributed by atoms with Crippen LogP contribution in [0.5, 0.6) is 0 Å². The van der Waals surface area contributed by atoms with Gasteiger partial charge < -0.3 is 9.13 Å². The summed E-state index contributed by atoms with van der Waals surface area (Å²) in [6.45, 7) is 0. The molecule has 0 aliphatic heterocycles. The van der Waals surface area contributed by atoms with E-state index < -0.39 is 29.0 Å². The Balaban J connectivity index is 1.34. The summed E-state index contributed by atoms with van der Waals surface area (Å²) < 4.78 is 92.3. The fourth-order valence-corrected chi connectivity index (χ4v) is 9.09. The Bertz CT molecular complexity index is 3710. The van der Waals surface area contributed by atoms with Gasteiger partial charge in [-0.2, -0.15) is 52.7 Å². The van der Waals surface area contributed by atoms with Crippen LogP contribution in [0.3, 0.4) is 0 Å². The summed E-state index contributed by atoms with van der Waals surface area (Å²) in [5.74, 6) is 0. The number of para-hydroxylation sites is 2. The Morgan fingerprint density at radius 3 is 1.04 bits per heavy atom. The van der Waals surface area contributed by atoms with E-state index in [0.29, 0.717) is 78.0 Å². The average Bonchev–Trinajstić information content (AvgIpc) is 3.86. The molecule has 322 valence electrons. The van der Waals surface area contributed by atoms with E-state index >= 15 is 0 Å². The Morgan fingerprint density at radius 2 is 0.676 bits per heavy atom. The first-order chi connectivity index (χ1) is 32.7. The molecule has 0 atom stereocenters. The van der Waals surface area contributed by atoms with Crippen LogP contribution in [0.1, 0.15) is 38.9 Å². The van der Waals surface area contributed by atoms with Gasteiger partial charge in [0.25, 0.3) is 0 Å². The zero-order valence-electron chi connectivity index (χ0n) is 34.8. The van der Waals surface area contributed by atoms with Crippen LogP contribution in [0, 0.1) is 56.7 Å². The molecular formula is C55H25F6N7. The highest BCUT2D eigenvalue weighted by molar-refractivity contribution is 6.13. The smallest absolute Gasteiger partial charge is 0.308 e. The van der Waals surface area contributed by atoms with Gasteiger partial charge in [0.15, 0.2) is 0 Å². The third-order valence-electron chi connectivity index (χ3n) is 12.0. The van der Waals surface area contributed by atoms with E-state index in [-0.39, 0.29) is 50.8 Å². The van der Waals surface area contributed by atoms with Crippen molar-refractivity contribution < 1.29 is 26.3 Å². The number of benzene rings is 8. The average molecular weight is 898 g/mol. The molecule has 0 saturated heterocycles. The largest absolute Gasteiger partial charge is 0.416 e. The second kappa shape index (κ2) is 15.8. The van der Waals surface area contributed by atoms with E-state index in [9.17, 15) is 52.7 Å². The molecule has 7 nitrogen and oxygen atoms in total. The molecule has 8 aromatic carbocycles. The van der Waals surface area contributed by atoms with E-state index in [1.54, 1.807) is 94.1 Å². The molecule has 2 heterocycles. The van der Waals surface area contributed by atoms with Crippen molar-refractivity contribution in [2.75, 3.05) is 0 Å². The maximum atomic E-state index is 14.8. The molecule has 13 heteroatoms. The van der Waals surface area contributed by atoms with Gasteiger partial charge in [-0.05, 0) is 131 Å². The maximum Gasteiger partial charge on any atom is 0.416 e. The lowest BCUT2D eigenvalue weighted by Crippen LogP contribution is -2.12. The van der Waals surface area contributed by atoms with Gasteiger partial charge >= 0.3 is 12.4 Å². The molecule has 0 radical (unpaired) electrons. The third kappa shape index (κ3) is 7.07. The molecule has 10 aromatic rings. The van der Waals surface area contributed by atoms with Crippen LogP contribution in [-0.2, 0) is 12.4 Å². The van der Waals surface area contributed by atoms with Gasteiger partial charge in [0.05, 0.1) is 103 Å². The lowest BCUT2D eigenvalue weighted by molar-refractivity contribution is -0.143. The highest BCUT2D eigenvalue weighted by Gasteiger charge is 2.38. The number of nitriles is 5. The van der Waals surface area contributed by atoms with E-state index in [1.165, 1.54) is 24.3 Å². The number of nitrogens with zero attached hydrogens (tertiary/aromatic N) is 7. The number of aromatic nitrogens is 2. The van der Waals surface area contributed by atoms with Gasteiger partial charge in [-0.3, -0.25) is 0 Å². The third-order valence-corrected chi connectivity index (χ3v) is 12.0. The first kappa shape index (κ1) is 42.3. The molecule has 0 spiro atoms. The van der Waals surface area contributed by atoms with Crippen LogP contribution in [0.2, 0.25) is 0 Å². The number of halogens is 6. The zero-order chi connectivity index (χ0) is 47.6. The van der Waals surface area contributed by atoms with Crippen LogP contribution in [0.15, 0.2) is 152 Å². The fraction of sp³-hybridized carbons (Fsp3) is 0.0364. The fourth-order valence-electron chi connectivity index (χ4n) is 9.09. The molecule has 68 heavy (non-hydrogen) atoms. The van der Waals surface area contributed by atoms with Crippen LogP contribution in [0.25, 0.3) is 88.4 Å². The molecular weight excluding hydrogens is 873 g/mol. The minimum Gasteiger partial charge on any atom is -0.308 e. The van der Waals surface area contributed by atoms with Crippen molar-refractivity contribution in [2.24, 2.45) is 0 Å². The molecule has 0 amide bonds. The quantitative estimate of drug-likeness (QED) is 0.159. The van der Waals surface area contributed by atoms with E-state index in [1.807, 2.05) is 24.3 Å². The highest BCUT2D eigenvalue weighted by atomic mass is 19.4. The minimum atomic E-state index is -5.20. The highest BCUT2D eigenvalue weighted by Crippen LogP contribution is 2.47. The van der Waals surface area contributed by atoms with Gasteiger partial charge in [-0.25, -0.2) is 0 Å². The molecule has 0 saturated carbocycles.